The fraction of sp³-hybridized carbons (Fsp3) is 0.458. The summed E-state index contributed by atoms with van der Waals surface area (Å²) in [6.45, 7) is 2.19. The number of amides is 1. The van der Waals surface area contributed by atoms with Gasteiger partial charge >= 0.3 is 0 Å². The highest BCUT2D eigenvalue weighted by molar-refractivity contribution is 7.89. The number of nitrogens with zero attached hydrogens (tertiary/aromatic N) is 1. The number of rotatable bonds is 7. The highest BCUT2D eigenvalue weighted by Crippen LogP contribution is 2.28. The van der Waals surface area contributed by atoms with E-state index >= 15 is 0 Å². The Morgan fingerprint density at radius 3 is 2.53 bits per heavy atom. The minimum Gasteiger partial charge on any atom is -0.496 e. The van der Waals surface area contributed by atoms with Crippen molar-refractivity contribution in [2.24, 2.45) is 5.92 Å². The predicted molar refractivity (Wildman–Crippen MR) is 123 cm³/mol. The fourth-order valence-corrected chi connectivity index (χ4v) is 6.09. The van der Waals surface area contributed by atoms with Crippen molar-refractivity contribution >= 4 is 15.9 Å². The third-order valence-electron chi connectivity index (χ3n) is 6.42. The van der Waals surface area contributed by atoms with E-state index in [1.165, 1.54) is 4.31 Å². The summed E-state index contributed by atoms with van der Waals surface area (Å²) < 4.78 is 34.1. The Labute approximate surface area is 190 Å². The lowest BCUT2D eigenvalue weighted by Gasteiger charge is -2.41. The van der Waals surface area contributed by atoms with Crippen molar-refractivity contribution in [3.05, 3.63) is 59.7 Å². The molecule has 172 valence electrons. The van der Waals surface area contributed by atoms with E-state index in [4.69, 9.17) is 4.74 Å². The number of para-hydroxylation sites is 1. The van der Waals surface area contributed by atoms with Gasteiger partial charge in [-0.05, 0) is 38.0 Å². The number of nitrogens with one attached hydrogen (secondary N) is 2. The number of carbonyl (C=O) groups excluding carboxylic acids is 1. The minimum absolute atomic E-state index is 0.0171. The Kier molecular flexibility index (Phi) is 6.83. The zero-order valence-electron chi connectivity index (χ0n) is 18.6. The zero-order chi connectivity index (χ0) is 22.7. The Hall–Kier alpha value is -2.42. The molecule has 0 spiro atoms. The third kappa shape index (κ3) is 4.82. The van der Waals surface area contributed by atoms with Gasteiger partial charge in [-0.2, -0.15) is 4.31 Å². The molecule has 2 fully saturated rings. The molecule has 2 N–H and O–H groups in total. The minimum atomic E-state index is -3.80. The normalized spacial score (nSPS) is 23.5. The molecule has 1 amide bonds. The van der Waals surface area contributed by atoms with E-state index in [9.17, 15) is 13.2 Å². The van der Waals surface area contributed by atoms with E-state index < -0.39 is 16.2 Å². The van der Waals surface area contributed by atoms with Crippen LogP contribution in [0, 0.1) is 12.8 Å². The van der Waals surface area contributed by atoms with Crippen molar-refractivity contribution in [1.82, 2.24) is 14.9 Å². The standard InChI is InChI=1S/C24H31N3O4S/c1-17-11-13-19(14-12-17)32(29,30)27(15-18-7-3-6-10-22(18)31-2)16-23-25-21-9-5-4-8-20(21)24(28)26-23/h3,6-7,10-14,20-21,23,25H,4-5,8-9,15-16H2,1-2H3,(H,26,28). The summed E-state index contributed by atoms with van der Waals surface area (Å²) in [6, 6.07) is 14.3. The Bertz CT molecular complexity index is 1060. The Morgan fingerprint density at radius 2 is 1.78 bits per heavy atom. The maximum Gasteiger partial charge on any atom is 0.243 e. The van der Waals surface area contributed by atoms with Crippen LogP contribution in [0.25, 0.3) is 0 Å². The molecule has 2 aromatic carbocycles. The number of benzene rings is 2. The predicted octanol–water partition coefficient (Wildman–Crippen LogP) is 2.80. The van der Waals surface area contributed by atoms with E-state index in [1.807, 2.05) is 31.2 Å². The van der Waals surface area contributed by atoms with Gasteiger partial charge in [-0.1, -0.05) is 48.7 Å². The number of ether oxygens (including phenoxy) is 1. The molecule has 2 aliphatic rings. The summed E-state index contributed by atoms with van der Waals surface area (Å²) >= 11 is 0. The SMILES string of the molecule is COc1ccccc1CN(CC1NC(=O)C2CCCCC2N1)S(=O)(=O)c1ccc(C)cc1. The van der Waals surface area contributed by atoms with Crippen LogP contribution in [0.1, 0.15) is 36.8 Å². The molecule has 2 aromatic rings. The van der Waals surface area contributed by atoms with Crippen molar-refractivity contribution < 1.29 is 17.9 Å². The van der Waals surface area contributed by atoms with Gasteiger partial charge in [0, 0.05) is 24.7 Å². The number of hydrogen-bond donors (Lipinski definition) is 2. The summed E-state index contributed by atoms with van der Waals surface area (Å²) in [5.74, 6) is 0.615. The summed E-state index contributed by atoms with van der Waals surface area (Å²) in [7, 11) is -2.23. The van der Waals surface area contributed by atoms with Crippen LogP contribution in [0.4, 0.5) is 0 Å². The first-order valence-corrected chi connectivity index (χ1v) is 12.6. The lowest BCUT2D eigenvalue weighted by molar-refractivity contribution is -0.130. The highest BCUT2D eigenvalue weighted by atomic mass is 32.2. The first-order valence-electron chi connectivity index (χ1n) is 11.1. The van der Waals surface area contributed by atoms with Crippen molar-refractivity contribution in [2.75, 3.05) is 13.7 Å². The van der Waals surface area contributed by atoms with E-state index in [0.29, 0.717) is 5.75 Å². The van der Waals surface area contributed by atoms with Crippen molar-refractivity contribution in [1.29, 1.82) is 0 Å². The summed E-state index contributed by atoms with van der Waals surface area (Å²) in [5, 5.41) is 6.50. The van der Waals surface area contributed by atoms with Crippen LogP contribution >= 0.6 is 0 Å². The number of carbonyl (C=O) groups is 1. The van der Waals surface area contributed by atoms with Gasteiger partial charge in [0.25, 0.3) is 0 Å². The number of methoxy groups -OCH3 is 1. The Balaban J connectivity index is 1.63. The largest absolute Gasteiger partial charge is 0.496 e. The van der Waals surface area contributed by atoms with Crippen LogP contribution in [0.3, 0.4) is 0 Å². The molecule has 1 heterocycles. The van der Waals surface area contributed by atoms with Crippen molar-refractivity contribution in [3.63, 3.8) is 0 Å². The van der Waals surface area contributed by atoms with Crippen LogP contribution in [0.15, 0.2) is 53.4 Å². The molecule has 3 unspecified atom stereocenters. The van der Waals surface area contributed by atoms with Gasteiger partial charge in [0.05, 0.1) is 24.1 Å². The highest BCUT2D eigenvalue weighted by Gasteiger charge is 2.39. The van der Waals surface area contributed by atoms with Crippen molar-refractivity contribution in [2.45, 2.75) is 56.3 Å². The van der Waals surface area contributed by atoms with Crippen LogP contribution in [0.2, 0.25) is 0 Å². The first-order chi connectivity index (χ1) is 15.4. The number of aryl methyl sites for hydroxylation is 1. The van der Waals surface area contributed by atoms with E-state index in [0.717, 1.165) is 36.8 Å². The summed E-state index contributed by atoms with van der Waals surface area (Å²) in [5.41, 5.74) is 1.76. The van der Waals surface area contributed by atoms with Gasteiger partial charge in [0.2, 0.25) is 15.9 Å². The molecule has 1 aliphatic carbocycles. The number of sulfonamides is 1. The molecule has 32 heavy (non-hydrogen) atoms. The van der Waals surface area contributed by atoms with Crippen molar-refractivity contribution in [3.8, 4) is 5.75 Å². The lowest BCUT2D eigenvalue weighted by atomic mass is 9.82. The maximum atomic E-state index is 13.6. The molecular formula is C24H31N3O4S. The van der Waals surface area contributed by atoms with E-state index in [1.54, 1.807) is 31.4 Å². The van der Waals surface area contributed by atoms with Crippen LogP contribution in [0.5, 0.6) is 5.75 Å². The monoisotopic (exact) mass is 457 g/mol. The average Bonchev–Trinajstić information content (AvgIpc) is 2.79. The number of hydrogen-bond acceptors (Lipinski definition) is 5. The zero-order valence-corrected chi connectivity index (χ0v) is 19.4. The second kappa shape index (κ2) is 9.60. The van der Waals surface area contributed by atoms with Gasteiger partial charge in [0.15, 0.2) is 0 Å². The molecular weight excluding hydrogens is 426 g/mol. The molecule has 0 aromatic heterocycles. The maximum absolute atomic E-state index is 13.6. The smallest absolute Gasteiger partial charge is 0.243 e. The van der Waals surface area contributed by atoms with Gasteiger partial charge < -0.3 is 10.1 Å². The molecule has 1 aliphatic heterocycles. The van der Waals surface area contributed by atoms with Gasteiger partial charge in [0.1, 0.15) is 5.75 Å². The van der Waals surface area contributed by atoms with Gasteiger partial charge in [-0.25, -0.2) is 8.42 Å². The van der Waals surface area contributed by atoms with Crippen LogP contribution in [-0.4, -0.2) is 44.5 Å². The summed E-state index contributed by atoms with van der Waals surface area (Å²) in [6.07, 6.45) is 3.51. The van der Waals surface area contributed by atoms with Crippen LogP contribution < -0.4 is 15.4 Å². The Morgan fingerprint density at radius 1 is 1.06 bits per heavy atom. The fourth-order valence-electron chi connectivity index (χ4n) is 4.66. The molecule has 1 saturated heterocycles. The van der Waals surface area contributed by atoms with Gasteiger partial charge in [-0.3, -0.25) is 10.1 Å². The topological polar surface area (TPSA) is 87.7 Å². The number of fused-ring (bicyclic) bond motifs is 1. The van der Waals surface area contributed by atoms with Gasteiger partial charge in [-0.15, -0.1) is 0 Å². The molecule has 4 rings (SSSR count). The van der Waals surface area contributed by atoms with E-state index in [2.05, 4.69) is 10.6 Å². The summed E-state index contributed by atoms with van der Waals surface area (Å²) in [4.78, 5) is 12.9. The third-order valence-corrected chi connectivity index (χ3v) is 8.24. The molecule has 3 atom stereocenters. The second-order valence-electron chi connectivity index (χ2n) is 8.65. The second-order valence-corrected chi connectivity index (χ2v) is 10.6. The molecule has 0 bridgehead atoms. The first kappa shape index (κ1) is 22.8. The quantitative estimate of drug-likeness (QED) is 0.668. The molecule has 8 heteroatoms. The van der Waals surface area contributed by atoms with E-state index in [-0.39, 0.29) is 35.9 Å². The average molecular weight is 458 g/mol. The molecule has 1 saturated carbocycles. The lowest BCUT2D eigenvalue weighted by Crippen LogP contribution is -2.65. The molecule has 7 nitrogen and oxygen atoms in total. The van der Waals surface area contributed by atoms with Crippen LogP contribution in [-0.2, 0) is 21.4 Å². The molecule has 0 radical (unpaired) electrons.